The molecule has 0 aromatic heterocycles. The molecular weight excluding hydrogens is 400 g/mol. The van der Waals surface area contributed by atoms with Gasteiger partial charge in [-0.1, -0.05) is 30.3 Å². The van der Waals surface area contributed by atoms with Crippen LogP contribution in [0.1, 0.15) is 30.5 Å². The summed E-state index contributed by atoms with van der Waals surface area (Å²) in [5.74, 6) is 0.483. The second kappa shape index (κ2) is 12.5. The number of benzene rings is 2. The largest absolute Gasteiger partial charge is 0.493 e. The Bertz CT molecular complexity index is 941. The summed E-state index contributed by atoms with van der Waals surface area (Å²) in [5.41, 5.74) is 3.88. The third-order valence-electron chi connectivity index (χ3n) is 4.04. The van der Waals surface area contributed by atoms with E-state index in [1.54, 1.807) is 25.1 Å². The molecule has 2 aromatic rings. The van der Waals surface area contributed by atoms with Crippen LogP contribution in [0.15, 0.2) is 53.6 Å². The van der Waals surface area contributed by atoms with Crippen LogP contribution in [0.2, 0.25) is 0 Å². The summed E-state index contributed by atoms with van der Waals surface area (Å²) in [6.45, 7) is 1.84. The molecule has 2 rings (SSSR count). The van der Waals surface area contributed by atoms with Gasteiger partial charge in [-0.05, 0) is 36.2 Å². The predicted octanol–water partition coefficient (Wildman–Crippen LogP) is 2.93. The van der Waals surface area contributed by atoms with Crippen LogP contribution in [-0.4, -0.2) is 38.5 Å². The van der Waals surface area contributed by atoms with Gasteiger partial charge in [0.25, 0.3) is 0 Å². The highest BCUT2D eigenvalue weighted by Crippen LogP contribution is 2.27. The second-order valence-electron chi connectivity index (χ2n) is 6.18. The molecule has 0 heterocycles. The molecular formula is C22H24N4O5. The van der Waals surface area contributed by atoms with Crippen molar-refractivity contribution in [2.45, 2.75) is 19.4 Å². The molecule has 9 heteroatoms. The van der Waals surface area contributed by atoms with Gasteiger partial charge in [0.15, 0.2) is 18.1 Å². The van der Waals surface area contributed by atoms with E-state index in [9.17, 15) is 9.59 Å². The minimum absolute atomic E-state index is 0.0234. The van der Waals surface area contributed by atoms with Gasteiger partial charge in [0, 0.05) is 0 Å². The van der Waals surface area contributed by atoms with E-state index >= 15 is 0 Å². The number of alkyl carbamates (subject to hydrolysis) is 1. The number of carbonyl (C=O) groups excluding carboxylic acids is 2. The molecule has 2 N–H and O–H groups in total. The van der Waals surface area contributed by atoms with E-state index < -0.39 is 12.1 Å². The van der Waals surface area contributed by atoms with Crippen molar-refractivity contribution in [2.75, 3.05) is 20.3 Å². The third-order valence-corrected chi connectivity index (χ3v) is 4.04. The first kappa shape index (κ1) is 23.2. The topological polar surface area (TPSA) is 122 Å². The Morgan fingerprint density at radius 2 is 1.97 bits per heavy atom. The number of methoxy groups -OCH3 is 1. The average molecular weight is 424 g/mol. The van der Waals surface area contributed by atoms with Crippen molar-refractivity contribution in [1.29, 1.82) is 5.26 Å². The lowest BCUT2D eigenvalue weighted by molar-refractivity contribution is -0.121. The number of nitrogens with one attached hydrogen (secondary N) is 2. The number of amides is 2. The second-order valence-corrected chi connectivity index (χ2v) is 6.18. The number of hydrogen-bond donors (Lipinski definition) is 2. The molecule has 2 amide bonds. The van der Waals surface area contributed by atoms with Crippen LogP contribution < -0.4 is 20.2 Å². The monoisotopic (exact) mass is 424 g/mol. The van der Waals surface area contributed by atoms with Crippen molar-refractivity contribution in [3.05, 3.63) is 59.7 Å². The molecule has 0 saturated heterocycles. The first-order valence-electron chi connectivity index (χ1n) is 9.55. The molecule has 0 spiro atoms. The van der Waals surface area contributed by atoms with Gasteiger partial charge in [0.2, 0.25) is 5.91 Å². The number of carbonyl (C=O) groups is 2. The van der Waals surface area contributed by atoms with Crippen LogP contribution in [0.3, 0.4) is 0 Å². The molecule has 0 aliphatic heterocycles. The van der Waals surface area contributed by atoms with Crippen molar-refractivity contribution in [2.24, 2.45) is 5.10 Å². The zero-order chi connectivity index (χ0) is 22.5. The zero-order valence-electron chi connectivity index (χ0n) is 17.3. The Labute approximate surface area is 180 Å². The van der Waals surface area contributed by atoms with Crippen LogP contribution >= 0.6 is 0 Å². The molecule has 9 nitrogen and oxygen atoms in total. The highest BCUT2D eigenvalue weighted by atomic mass is 16.5. The van der Waals surface area contributed by atoms with Gasteiger partial charge in [-0.25, -0.2) is 10.2 Å². The maximum atomic E-state index is 12.4. The van der Waals surface area contributed by atoms with E-state index in [1.807, 2.05) is 36.4 Å². The van der Waals surface area contributed by atoms with Crippen LogP contribution in [0.5, 0.6) is 11.5 Å². The fourth-order valence-corrected chi connectivity index (χ4v) is 2.66. The Kier molecular flexibility index (Phi) is 9.36. The molecule has 162 valence electrons. The molecule has 0 aliphatic rings. The van der Waals surface area contributed by atoms with Crippen LogP contribution in [0.4, 0.5) is 4.79 Å². The molecule has 0 unspecified atom stereocenters. The van der Waals surface area contributed by atoms with Gasteiger partial charge in [-0.2, -0.15) is 10.4 Å². The molecule has 2 aromatic carbocycles. The van der Waals surface area contributed by atoms with Gasteiger partial charge in [0.05, 0.1) is 32.4 Å². The van der Waals surface area contributed by atoms with E-state index in [4.69, 9.17) is 19.5 Å². The predicted molar refractivity (Wildman–Crippen MR) is 114 cm³/mol. The fourth-order valence-electron chi connectivity index (χ4n) is 2.66. The number of nitriles is 1. The van der Waals surface area contributed by atoms with Gasteiger partial charge < -0.3 is 19.5 Å². The van der Waals surface area contributed by atoms with E-state index in [1.165, 1.54) is 13.3 Å². The van der Waals surface area contributed by atoms with Gasteiger partial charge in [-0.15, -0.1) is 0 Å². The molecule has 0 bridgehead atoms. The zero-order valence-corrected chi connectivity index (χ0v) is 17.3. The molecule has 1 atom stereocenters. The van der Waals surface area contributed by atoms with Gasteiger partial charge in [-0.3, -0.25) is 4.79 Å². The van der Waals surface area contributed by atoms with Crippen molar-refractivity contribution in [3.8, 4) is 17.6 Å². The smallest absolute Gasteiger partial charge is 0.407 e. The minimum Gasteiger partial charge on any atom is -0.493 e. The van der Waals surface area contributed by atoms with Crippen LogP contribution in [0.25, 0.3) is 0 Å². The maximum absolute atomic E-state index is 12.4. The van der Waals surface area contributed by atoms with Crippen LogP contribution in [-0.2, 0) is 9.53 Å². The van der Waals surface area contributed by atoms with E-state index in [2.05, 4.69) is 15.8 Å². The average Bonchev–Trinajstić information content (AvgIpc) is 2.78. The quantitative estimate of drug-likeness (QED) is 0.447. The van der Waals surface area contributed by atoms with Crippen molar-refractivity contribution in [3.63, 3.8) is 0 Å². The van der Waals surface area contributed by atoms with E-state index in [0.29, 0.717) is 17.1 Å². The standard InChI is InChI=1S/C22H24N4O5/c1-3-30-22(28)25-18(17-7-5-4-6-8-17)14-21(27)26-24-15-16-9-10-19(31-12-11-23)20(13-16)29-2/h4-10,13,15,18H,3,12,14H2,1-2H3,(H,25,28)(H,26,27)/b24-15-/t18-/m1/s1. The van der Waals surface area contributed by atoms with Gasteiger partial charge in [0.1, 0.15) is 6.07 Å². The molecule has 0 saturated carbocycles. The summed E-state index contributed by atoms with van der Waals surface area (Å²) in [4.78, 5) is 24.2. The number of ether oxygens (including phenoxy) is 3. The highest BCUT2D eigenvalue weighted by Gasteiger charge is 2.18. The first-order chi connectivity index (χ1) is 15.1. The molecule has 0 aliphatic carbocycles. The summed E-state index contributed by atoms with van der Waals surface area (Å²) < 4.78 is 15.4. The Morgan fingerprint density at radius 1 is 1.19 bits per heavy atom. The lowest BCUT2D eigenvalue weighted by atomic mass is 10.0. The number of hydrogen-bond acceptors (Lipinski definition) is 7. The fraction of sp³-hybridized carbons (Fsp3) is 0.273. The number of nitrogens with zero attached hydrogens (tertiary/aromatic N) is 2. The normalized spacial score (nSPS) is 11.3. The van der Waals surface area contributed by atoms with Crippen molar-refractivity contribution >= 4 is 18.2 Å². The lowest BCUT2D eigenvalue weighted by Crippen LogP contribution is -2.33. The molecule has 0 fully saturated rings. The van der Waals surface area contributed by atoms with Crippen molar-refractivity contribution < 1.29 is 23.8 Å². The summed E-state index contributed by atoms with van der Waals surface area (Å²) in [5, 5.41) is 15.3. The van der Waals surface area contributed by atoms with Crippen molar-refractivity contribution in [1.82, 2.24) is 10.7 Å². The minimum atomic E-state index is -0.599. The van der Waals surface area contributed by atoms with Gasteiger partial charge >= 0.3 is 6.09 Å². The third kappa shape index (κ3) is 7.70. The van der Waals surface area contributed by atoms with E-state index in [-0.39, 0.29) is 25.5 Å². The van der Waals surface area contributed by atoms with Crippen LogP contribution in [0, 0.1) is 11.3 Å². The molecule has 31 heavy (non-hydrogen) atoms. The van der Waals surface area contributed by atoms with E-state index in [0.717, 1.165) is 5.56 Å². The Balaban J connectivity index is 2.00. The lowest BCUT2D eigenvalue weighted by Gasteiger charge is -2.18. The summed E-state index contributed by atoms with van der Waals surface area (Å²) in [7, 11) is 1.48. The SMILES string of the molecule is CCOC(=O)N[C@H](CC(=O)N/N=C\c1ccc(OCC#N)c(OC)c1)c1ccccc1. The summed E-state index contributed by atoms with van der Waals surface area (Å²) in [6.07, 6.45) is 0.827. The summed E-state index contributed by atoms with van der Waals surface area (Å²) >= 11 is 0. The number of hydrazone groups is 1. The first-order valence-corrected chi connectivity index (χ1v) is 9.55. The molecule has 0 radical (unpaired) electrons. The highest BCUT2D eigenvalue weighted by molar-refractivity contribution is 5.83. The Morgan fingerprint density at radius 3 is 2.65 bits per heavy atom. The Hall–Kier alpha value is -4.06. The number of rotatable bonds is 10. The maximum Gasteiger partial charge on any atom is 0.407 e. The summed E-state index contributed by atoms with van der Waals surface area (Å²) in [6, 6.07) is 15.5.